The summed E-state index contributed by atoms with van der Waals surface area (Å²) in [6.07, 6.45) is -16.3. The van der Waals surface area contributed by atoms with Gasteiger partial charge in [0.05, 0.1) is 42.2 Å². The van der Waals surface area contributed by atoms with Gasteiger partial charge >= 0.3 is 24.6 Å². The van der Waals surface area contributed by atoms with Gasteiger partial charge in [0.1, 0.15) is 12.3 Å². The first-order valence-corrected chi connectivity index (χ1v) is 12.9. The molecule has 3 aromatic rings. The zero-order valence-electron chi connectivity index (χ0n) is 22.9. The number of aliphatic hydroxyl groups excluding tert-OH is 1. The van der Waals surface area contributed by atoms with Gasteiger partial charge in [0.25, 0.3) is 5.95 Å². The van der Waals surface area contributed by atoms with Gasteiger partial charge in [0, 0.05) is 12.6 Å². The number of aryl methyl sites for hydroxylation is 1. The molecule has 2 aromatic heterocycles. The fraction of sp³-hybridized carbons (Fsp3) is 0.480. The molecule has 1 N–H and O–H groups in total. The quantitative estimate of drug-likeness (QED) is 0.336. The molecule has 44 heavy (non-hydrogen) atoms. The van der Waals surface area contributed by atoms with Crippen molar-refractivity contribution < 1.29 is 54.2 Å². The Labute approximate surface area is 243 Å². The summed E-state index contributed by atoms with van der Waals surface area (Å²) in [6.45, 7) is -0.0680. The van der Waals surface area contributed by atoms with Crippen molar-refractivity contribution in [1.29, 1.82) is 0 Å². The summed E-state index contributed by atoms with van der Waals surface area (Å²) in [7, 11) is 1.32. The molecule has 0 spiro atoms. The van der Waals surface area contributed by atoms with E-state index in [1.54, 1.807) is 6.92 Å². The minimum absolute atomic E-state index is 0.0511. The molecule has 4 rings (SSSR count). The third-order valence-corrected chi connectivity index (χ3v) is 6.74. The summed E-state index contributed by atoms with van der Waals surface area (Å²) in [5.74, 6) is -0.334. The van der Waals surface area contributed by atoms with Crippen molar-refractivity contribution in [3.8, 4) is 0 Å². The number of fused-ring (bicyclic) bond motifs is 1. The molecule has 240 valence electrons. The number of halogens is 9. The summed E-state index contributed by atoms with van der Waals surface area (Å²) in [4.78, 5) is 19.8. The molecule has 0 bridgehead atoms. The van der Waals surface area contributed by atoms with Gasteiger partial charge in [-0.2, -0.15) is 44.3 Å². The summed E-state index contributed by atoms with van der Waals surface area (Å²) in [6, 6.07) is 0.401. The maximum absolute atomic E-state index is 13.8. The third kappa shape index (κ3) is 6.97. The number of carbonyl (C=O) groups excluding carboxylic acids is 1. The van der Waals surface area contributed by atoms with Crippen LogP contribution in [0.1, 0.15) is 53.9 Å². The van der Waals surface area contributed by atoms with E-state index in [1.807, 2.05) is 0 Å². The average Bonchev–Trinajstić information content (AvgIpc) is 3.37. The van der Waals surface area contributed by atoms with Crippen LogP contribution in [-0.4, -0.2) is 55.6 Å². The van der Waals surface area contributed by atoms with E-state index in [-0.39, 0.29) is 36.2 Å². The normalized spacial score (nSPS) is 17.4. The van der Waals surface area contributed by atoms with Gasteiger partial charge in [-0.3, -0.25) is 4.90 Å². The molecule has 2 unspecified atom stereocenters. The SMILES string of the molecule is CCC1CC(N(Cc2cc(C(F)(F)F)cc(C(F)(F)F)c2)c2nnn(C)n2)c2nc(C(F)(F)F)ccc2N1C(=O)OCCO. The van der Waals surface area contributed by atoms with Gasteiger partial charge in [-0.1, -0.05) is 12.0 Å². The van der Waals surface area contributed by atoms with E-state index >= 15 is 0 Å². The van der Waals surface area contributed by atoms with E-state index in [1.165, 1.54) is 7.05 Å². The Hall–Kier alpha value is -4.16. The molecule has 19 heteroatoms. The number of carbonyl (C=O) groups is 1. The number of ether oxygens (including phenoxy) is 1. The number of aliphatic hydroxyl groups is 1. The molecule has 1 aliphatic rings. The number of pyridine rings is 1. The van der Waals surface area contributed by atoms with Crippen LogP contribution in [0.15, 0.2) is 30.3 Å². The average molecular weight is 641 g/mol. The van der Waals surface area contributed by atoms with Gasteiger partial charge in [0.15, 0.2) is 0 Å². The summed E-state index contributed by atoms with van der Waals surface area (Å²) < 4.78 is 128. The topological polar surface area (TPSA) is 110 Å². The third-order valence-electron chi connectivity index (χ3n) is 6.74. The Morgan fingerprint density at radius 3 is 2.16 bits per heavy atom. The van der Waals surface area contributed by atoms with Crippen molar-refractivity contribution in [2.24, 2.45) is 7.05 Å². The van der Waals surface area contributed by atoms with E-state index in [9.17, 15) is 44.3 Å². The van der Waals surface area contributed by atoms with Crippen LogP contribution in [0.4, 0.5) is 55.9 Å². The number of aromatic nitrogens is 5. The molecule has 1 amide bonds. The van der Waals surface area contributed by atoms with Crippen LogP contribution in [0.25, 0.3) is 0 Å². The Morgan fingerprint density at radius 1 is 1.02 bits per heavy atom. The van der Waals surface area contributed by atoms with Crippen molar-refractivity contribution in [1.82, 2.24) is 25.2 Å². The van der Waals surface area contributed by atoms with Gasteiger partial charge in [0.2, 0.25) is 0 Å². The van der Waals surface area contributed by atoms with Crippen LogP contribution >= 0.6 is 0 Å². The van der Waals surface area contributed by atoms with E-state index < -0.39 is 78.8 Å². The van der Waals surface area contributed by atoms with Crippen molar-refractivity contribution >= 4 is 17.7 Å². The summed E-state index contributed by atoms with van der Waals surface area (Å²) in [5.41, 5.74) is -5.62. The molecule has 0 saturated carbocycles. The lowest BCUT2D eigenvalue weighted by Gasteiger charge is -2.43. The molecule has 1 aromatic carbocycles. The van der Waals surface area contributed by atoms with Crippen molar-refractivity contribution in [3.05, 3.63) is 58.4 Å². The molecule has 3 heterocycles. The zero-order chi connectivity index (χ0) is 32.6. The van der Waals surface area contributed by atoms with Crippen molar-refractivity contribution in [2.45, 2.75) is 56.9 Å². The first-order valence-electron chi connectivity index (χ1n) is 12.9. The molecule has 0 saturated heterocycles. The van der Waals surface area contributed by atoms with E-state index in [0.29, 0.717) is 18.2 Å². The van der Waals surface area contributed by atoms with E-state index in [4.69, 9.17) is 9.84 Å². The largest absolute Gasteiger partial charge is 0.447 e. The minimum Gasteiger partial charge on any atom is -0.447 e. The lowest BCUT2D eigenvalue weighted by atomic mass is 9.91. The van der Waals surface area contributed by atoms with Gasteiger partial charge in [-0.05, 0) is 54.0 Å². The van der Waals surface area contributed by atoms with Crippen molar-refractivity contribution in [3.63, 3.8) is 0 Å². The number of rotatable bonds is 7. The lowest BCUT2D eigenvalue weighted by Crippen LogP contribution is -2.48. The molecular weight excluding hydrogens is 617 g/mol. The maximum atomic E-state index is 13.8. The fourth-order valence-electron chi connectivity index (χ4n) is 4.84. The maximum Gasteiger partial charge on any atom is 0.433 e. The molecule has 0 fully saturated rings. The van der Waals surface area contributed by atoms with Crippen LogP contribution in [0.2, 0.25) is 0 Å². The van der Waals surface area contributed by atoms with Crippen LogP contribution < -0.4 is 9.80 Å². The molecule has 1 aliphatic heterocycles. The lowest BCUT2D eigenvalue weighted by molar-refractivity contribution is -0.143. The highest BCUT2D eigenvalue weighted by molar-refractivity contribution is 5.90. The Balaban J connectivity index is 1.92. The van der Waals surface area contributed by atoms with Crippen LogP contribution in [0.5, 0.6) is 0 Å². The van der Waals surface area contributed by atoms with Crippen molar-refractivity contribution in [2.75, 3.05) is 23.0 Å². The smallest absolute Gasteiger partial charge is 0.433 e. The number of hydrogen-bond acceptors (Lipinski definition) is 8. The predicted molar refractivity (Wildman–Crippen MR) is 133 cm³/mol. The zero-order valence-corrected chi connectivity index (χ0v) is 22.9. The summed E-state index contributed by atoms with van der Waals surface area (Å²) in [5, 5.41) is 20.6. The Kier molecular flexibility index (Phi) is 8.99. The van der Waals surface area contributed by atoms with Gasteiger partial charge in [-0.25, -0.2) is 9.78 Å². The summed E-state index contributed by atoms with van der Waals surface area (Å²) >= 11 is 0. The highest BCUT2D eigenvalue weighted by Gasteiger charge is 2.44. The number of benzene rings is 1. The molecule has 0 radical (unpaired) electrons. The minimum atomic E-state index is -5.16. The molecule has 0 aliphatic carbocycles. The molecule has 2 atom stereocenters. The first-order chi connectivity index (χ1) is 20.4. The standard InChI is InChI=1S/C25H24F9N7O3/c1-3-16-11-18(20-17(41(16)22(43)44-7-6-42)4-5-19(35-20)25(32,33)34)40(21-36-38-39(2)37-21)12-13-8-14(23(26,27)28)10-15(9-13)24(29,30)31/h4-5,8-10,16,18,42H,3,6-7,11-12H2,1-2H3. The highest BCUT2D eigenvalue weighted by Crippen LogP contribution is 2.44. The first kappa shape index (κ1) is 32.7. The highest BCUT2D eigenvalue weighted by atomic mass is 19.4. The number of nitrogens with zero attached hydrogens (tertiary/aromatic N) is 7. The van der Waals surface area contributed by atoms with E-state index in [2.05, 4.69) is 20.4 Å². The second kappa shape index (κ2) is 12.1. The van der Waals surface area contributed by atoms with Crippen LogP contribution in [-0.2, 0) is 36.9 Å². The van der Waals surface area contributed by atoms with Crippen LogP contribution in [0.3, 0.4) is 0 Å². The Morgan fingerprint density at radius 2 is 1.66 bits per heavy atom. The number of anilines is 2. The Bertz CT molecular complexity index is 1460. The molecular formula is C25H24F9N7O3. The number of hydrogen-bond donors (Lipinski definition) is 1. The molecule has 10 nitrogen and oxygen atoms in total. The number of amides is 1. The number of tetrazole rings is 1. The second-order valence-corrected chi connectivity index (χ2v) is 9.74. The van der Waals surface area contributed by atoms with Gasteiger partial charge < -0.3 is 14.7 Å². The number of alkyl halides is 9. The second-order valence-electron chi connectivity index (χ2n) is 9.74. The predicted octanol–water partition coefficient (Wildman–Crippen LogP) is 5.53. The fourth-order valence-corrected chi connectivity index (χ4v) is 4.84. The monoisotopic (exact) mass is 641 g/mol. The van der Waals surface area contributed by atoms with Gasteiger partial charge in [-0.15, -0.1) is 5.10 Å². The van der Waals surface area contributed by atoms with E-state index in [0.717, 1.165) is 20.7 Å². The van der Waals surface area contributed by atoms with Crippen LogP contribution in [0, 0.1) is 0 Å².